The fraction of sp³-hybridized carbons (Fsp3) is 0. The van der Waals surface area contributed by atoms with E-state index >= 15 is 0 Å². The molecule has 2 N–H and O–H groups in total. The molecule has 1 amide bonds. The van der Waals surface area contributed by atoms with Crippen LogP contribution in [0.3, 0.4) is 0 Å². The van der Waals surface area contributed by atoms with Crippen LogP contribution in [0.5, 0.6) is 5.75 Å². The number of halogens is 4. The van der Waals surface area contributed by atoms with Crippen LogP contribution in [-0.2, 0) is 0 Å². The van der Waals surface area contributed by atoms with E-state index in [0.29, 0.717) is 15.1 Å². The summed E-state index contributed by atoms with van der Waals surface area (Å²) in [6, 6.07) is 7.88. The van der Waals surface area contributed by atoms with Crippen LogP contribution in [-0.4, -0.2) is 17.2 Å². The number of hydrazone groups is 1. The second kappa shape index (κ2) is 7.46. The predicted octanol–water partition coefficient (Wildman–Crippen LogP) is 4.99. The molecule has 8 heteroatoms. The van der Waals surface area contributed by atoms with Gasteiger partial charge in [0.2, 0.25) is 0 Å². The van der Waals surface area contributed by atoms with Gasteiger partial charge in [0.25, 0.3) is 5.91 Å². The Morgan fingerprint density at radius 3 is 2.64 bits per heavy atom. The molecule has 0 unspecified atom stereocenters. The average Bonchev–Trinajstić information content (AvgIpc) is 2.43. The number of aromatic hydroxyl groups is 1. The molecule has 114 valence electrons. The maximum absolute atomic E-state index is 12.0. The second-order valence-electron chi connectivity index (χ2n) is 4.15. The Morgan fingerprint density at radius 1 is 1.23 bits per heavy atom. The van der Waals surface area contributed by atoms with E-state index in [-0.39, 0.29) is 16.3 Å². The third kappa shape index (κ3) is 4.23. The molecule has 0 radical (unpaired) electrons. The van der Waals surface area contributed by atoms with E-state index in [1.165, 1.54) is 18.3 Å². The maximum Gasteiger partial charge on any atom is 0.272 e. The molecule has 0 heterocycles. The lowest BCUT2D eigenvalue weighted by Gasteiger charge is -2.04. The molecule has 0 aromatic heterocycles. The number of hydrogen-bond acceptors (Lipinski definition) is 3. The van der Waals surface area contributed by atoms with Gasteiger partial charge in [-0.3, -0.25) is 4.79 Å². The van der Waals surface area contributed by atoms with Crippen molar-refractivity contribution < 1.29 is 9.90 Å². The maximum atomic E-state index is 12.0. The number of rotatable bonds is 3. The summed E-state index contributed by atoms with van der Waals surface area (Å²) in [6.07, 6.45) is 1.33. The van der Waals surface area contributed by atoms with Crippen molar-refractivity contribution in [2.75, 3.05) is 0 Å². The molecular formula is C14H8Br2Cl2N2O2. The van der Waals surface area contributed by atoms with Crippen molar-refractivity contribution in [3.8, 4) is 5.75 Å². The highest BCUT2D eigenvalue weighted by Crippen LogP contribution is 2.30. The van der Waals surface area contributed by atoms with Crippen LogP contribution < -0.4 is 5.43 Å². The molecule has 0 fully saturated rings. The van der Waals surface area contributed by atoms with Crippen molar-refractivity contribution in [2.45, 2.75) is 0 Å². The van der Waals surface area contributed by atoms with Gasteiger partial charge < -0.3 is 5.11 Å². The summed E-state index contributed by atoms with van der Waals surface area (Å²) in [4.78, 5) is 12.0. The molecule has 2 aromatic carbocycles. The second-order valence-corrected chi connectivity index (χ2v) is 6.76. The van der Waals surface area contributed by atoms with Crippen molar-refractivity contribution >= 4 is 67.2 Å². The third-order valence-electron chi connectivity index (χ3n) is 2.60. The van der Waals surface area contributed by atoms with Gasteiger partial charge in [0.15, 0.2) is 0 Å². The first-order valence-corrected chi connectivity index (χ1v) is 8.19. The Bertz CT molecular complexity index is 767. The van der Waals surface area contributed by atoms with Crippen LogP contribution in [0, 0.1) is 0 Å². The number of phenols is 1. The molecule has 0 aliphatic rings. The molecule has 0 bridgehead atoms. The first-order valence-electron chi connectivity index (χ1n) is 5.85. The van der Waals surface area contributed by atoms with E-state index in [1.54, 1.807) is 18.2 Å². The SMILES string of the molecule is O=C(N/N=C/c1cc(Br)cc(Br)c1O)c1ccc(Cl)cc1Cl. The zero-order valence-electron chi connectivity index (χ0n) is 10.8. The van der Waals surface area contributed by atoms with Gasteiger partial charge in [-0.05, 0) is 46.3 Å². The van der Waals surface area contributed by atoms with Crippen LogP contribution in [0.1, 0.15) is 15.9 Å². The molecule has 22 heavy (non-hydrogen) atoms. The zero-order chi connectivity index (χ0) is 16.3. The van der Waals surface area contributed by atoms with Crippen molar-refractivity contribution in [3.05, 3.63) is 60.4 Å². The van der Waals surface area contributed by atoms with Crippen LogP contribution in [0.15, 0.2) is 44.4 Å². The molecule has 0 spiro atoms. The molecule has 0 atom stereocenters. The highest BCUT2D eigenvalue weighted by atomic mass is 79.9. The first kappa shape index (κ1) is 17.3. The van der Waals surface area contributed by atoms with E-state index in [0.717, 1.165) is 4.47 Å². The monoisotopic (exact) mass is 464 g/mol. The Labute approximate surface area is 153 Å². The third-order valence-corrected chi connectivity index (χ3v) is 4.21. The lowest BCUT2D eigenvalue weighted by atomic mass is 10.2. The standard InChI is InChI=1S/C14H8Br2Cl2N2O2/c15-8-3-7(13(21)11(16)4-8)6-19-20-14(22)10-2-1-9(17)5-12(10)18/h1-6,21H,(H,20,22)/b19-6+. The number of carbonyl (C=O) groups excluding carboxylic acids is 1. The van der Waals surface area contributed by atoms with Crippen molar-refractivity contribution in [1.29, 1.82) is 0 Å². The van der Waals surface area contributed by atoms with Crippen LogP contribution in [0.2, 0.25) is 10.0 Å². The summed E-state index contributed by atoms with van der Waals surface area (Å²) >= 11 is 18.2. The van der Waals surface area contributed by atoms with Crippen molar-refractivity contribution in [1.82, 2.24) is 5.43 Å². The van der Waals surface area contributed by atoms with Gasteiger partial charge in [-0.2, -0.15) is 5.10 Å². The molecule has 2 rings (SSSR count). The molecule has 0 aliphatic heterocycles. The van der Waals surface area contributed by atoms with Gasteiger partial charge in [0.05, 0.1) is 21.3 Å². The van der Waals surface area contributed by atoms with Gasteiger partial charge in [0.1, 0.15) is 5.75 Å². The van der Waals surface area contributed by atoms with Crippen LogP contribution in [0.25, 0.3) is 0 Å². The Balaban J connectivity index is 2.14. The number of benzene rings is 2. The Hall–Kier alpha value is -1.08. The topological polar surface area (TPSA) is 61.7 Å². The lowest BCUT2D eigenvalue weighted by molar-refractivity contribution is 0.0955. The number of phenolic OH excluding ortho intramolecular Hbond substituents is 1. The quantitative estimate of drug-likeness (QED) is 0.494. The van der Waals surface area contributed by atoms with Crippen LogP contribution >= 0.6 is 55.1 Å². The fourth-order valence-corrected chi connectivity index (χ4v) is 3.33. The Morgan fingerprint density at radius 2 is 1.95 bits per heavy atom. The number of amides is 1. The number of nitrogens with zero attached hydrogens (tertiary/aromatic N) is 1. The molecule has 0 saturated carbocycles. The Kier molecular flexibility index (Phi) is 5.86. The molecule has 4 nitrogen and oxygen atoms in total. The molecule has 0 saturated heterocycles. The molecule has 0 aliphatic carbocycles. The smallest absolute Gasteiger partial charge is 0.272 e. The van der Waals surface area contributed by atoms with Crippen LogP contribution in [0.4, 0.5) is 0 Å². The van der Waals surface area contributed by atoms with E-state index in [4.69, 9.17) is 23.2 Å². The van der Waals surface area contributed by atoms with Gasteiger partial charge in [-0.25, -0.2) is 5.43 Å². The number of hydrogen-bond donors (Lipinski definition) is 2. The average molecular weight is 467 g/mol. The van der Waals surface area contributed by atoms with Crippen molar-refractivity contribution in [2.24, 2.45) is 5.10 Å². The van der Waals surface area contributed by atoms with Gasteiger partial charge in [-0.15, -0.1) is 0 Å². The fourth-order valence-electron chi connectivity index (χ4n) is 1.58. The van der Waals surface area contributed by atoms with E-state index in [9.17, 15) is 9.90 Å². The summed E-state index contributed by atoms with van der Waals surface area (Å²) in [6.45, 7) is 0. The molecule has 2 aromatic rings. The van der Waals surface area contributed by atoms with Gasteiger partial charge >= 0.3 is 0 Å². The van der Waals surface area contributed by atoms with Gasteiger partial charge in [-0.1, -0.05) is 39.1 Å². The summed E-state index contributed by atoms with van der Waals surface area (Å²) < 4.78 is 1.26. The largest absolute Gasteiger partial charge is 0.506 e. The minimum absolute atomic E-state index is 0.0192. The normalized spacial score (nSPS) is 10.9. The minimum atomic E-state index is -0.480. The highest BCUT2D eigenvalue weighted by Gasteiger charge is 2.10. The highest BCUT2D eigenvalue weighted by molar-refractivity contribution is 9.11. The van der Waals surface area contributed by atoms with Crippen molar-refractivity contribution in [3.63, 3.8) is 0 Å². The van der Waals surface area contributed by atoms with E-state index < -0.39 is 5.91 Å². The number of nitrogens with one attached hydrogen (secondary N) is 1. The van der Waals surface area contributed by atoms with E-state index in [2.05, 4.69) is 42.4 Å². The zero-order valence-corrected chi connectivity index (χ0v) is 15.5. The first-order chi connectivity index (χ1) is 10.4. The van der Waals surface area contributed by atoms with E-state index in [1.807, 2.05) is 0 Å². The summed E-state index contributed by atoms with van der Waals surface area (Å²) in [5.74, 6) is -0.461. The molecular weight excluding hydrogens is 459 g/mol. The summed E-state index contributed by atoms with van der Waals surface area (Å²) in [5, 5.41) is 14.3. The predicted molar refractivity (Wildman–Crippen MR) is 95.0 cm³/mol. The summed E-state index contributed by atoms with van der Waals surface area (Å²) in [5.41, 5.74) is 3.02. The summed E-state index contributed by atoms with van der Waals surface area (Å²) in [7, 11) is 0. The lowest BCUT2D eigenvalue weighted by Crippen LogP contribution is -2.18. The minimum Gasteiger partial charge on any atom is -0.506 e. The van der Waals surface area contributed by atoms with Gasteiger partial charge in [0, 0.05) is 15.1 Å². The number of carbonyl (C=O) groups is 1.